The number of carbonyl (C=O) groups excluding carboxylic acids is 2. The Morgan fingerprint density at radius 3 is 2.58 bits per heavy atom. The summed E-state index contributed by atoms with van der Waals surface area (Å²) in [6.45, 7) is 5.45. The molecule has 13 heteroatoms. The van der Waals surface area contributed by atoms with E-state index in [9.17, 15) is 19.7 Å². The highest BCUT2D eigenvalue weighted by Gasteiger charge is 2.34. The number of methoxy groups -OCH3 is 1. The van der Waals surface area contributed by atoms with E-state index in [0.29, 0.717) is 23.5 Å². The van der Waals surface area contributed by atoms with Crippen LogP contribution in [0.2, 0.25) is 0 Å². The van der Waals surface area contributed by atoms with Crippen LogP contribution in [0.15, 0.2) is 36.4 Å². The van der Waals surface area contributed by atoms with Crippen LogP contribution in [0.25, 0.3) is 11.4 Å². The minimum Gasteiger partial charge on any atom is -0.469 e. The molecule has 1 fully saturated rings. The van der Waals surface area contributed by atoms with E-state index in [1.165, 1.54) is 36.1 Å². The van der Waals surface area contributed by atoms with Gasteiger partial charge in [0.15, 0.2) is 0 Å². The number of non-ortho nitro benzene ring substituents is 1. The number of aryl methyl sites for hydroxylation is 2. The Morgan fingerprint density at radius 2 is 1.93 bits per heavy atom. The second-order valence-corrected chi connectivity index (χ2v) is 9.45. The average molecular weight is 553 g/mol. The largest absolute Gasteiger partial charge is 0.514 e. The molecule has 212 valence electrons. The van der Waals surface area contributed by atoms with Gasteiger partial charge in [0.2, 0.25) is 0 Å². The quantitative estimate of drug-likeness (QED) is 0.155. The molecule has 1 aliphatic heterocycles. The van der Waals surface area contributed by atoms with Gasteiger partial charge in [-0.25, -0.2) is 14.5 Å². The van der Waals surface area contributed by atoms with Crippen LogP contribution in [0.5, 0.6) is 5.75 Å². The molecular formula is C27H32N6O7. The maximum atomic E-state index is 12.3. The van der Waals surface area contributed by atoms with Crippen molar-refractivity contribution in [3.05, 3.63) is 57.9 Å². The molecule has 3 aromatic rings. The van der Waals surface area contributed by atoms with Crippen molar-refractivity contribution >= 4 is 23.5 Å². The topological polar surface area (TPSA) is 152 Å². The van der Waals surface area contributed by atoms with Crippen LogP contribution < -0.4 is 9.64 Å². The molecular weight excluding hydrogens is 520 g/mol. The van der Waals surface area contributed by atoms with Crippen molar-refractivity contribution in [1.29, 1.82) is 0 Å². The fourth-order valence-electron chi connectivity index (χ4n) is 4.98. The number of nitro groups is 1. The molecule has 0 amide bonds. The molecule has 13 nitrogen and oxygen atoms in total. The number of benzene rings is 1. The molecule has 0 aliphatic carbocycles. The molecule has 0 N–H and O–H groups in total. The first-order chi connectivity index (χ1) is 19.2. The summed E-state index contributed by atoms with van der Waals surface area (Å²) in [4.78, 5) is 41.9. The highest BCUT2D eigenvalue weighted by Crippen LogP contribution is 2.33. The summed E-state index contributed by atoms with van der Waals surface area (Å²) in [6.07, 6.45) is 1.35. The molecule has 0 bridgehead atoms. The molecule has 3 heterocycles. The monoisotopic (exact) mass is 552 g/mol. The molecule has 1 aliphatic rings. The van der Waals surface area contributed by atoms with Crippen molar-refractivity contribution in [2.45, 2.75) is 39.7 Å². The molecule has 1 unspecified atom stereocenters. The second kappa shape index (κ2) is 12.5. The molecule has 0 spiro atoms. The van der Waals surface area contributed by atoms with Gasteiger partial charge in [0.05, 0.1) is 35.0 Å². The lowest BCUT2D eigenvalue weighted by molar-refractivity contribution is -0.384. The van der Waals surface area contributed by atoms with Crippen LogP contribution in [-0.2, 0) is 34.3 Å². The molecule has 40 heavy (non-hydrogen) atoms. The highest BCUT2D eigenvalue weighted by atomic mass is 16.7. The van der Waals surface area contributed by atoms with E-state index in [-0.39, 0.29) is 35.8 Å². The molecule has 1 saturated heterocycles. The van der Waals surface area contributed by atoms with Crippen molar-refractivity contribution in [3.8, 4) is 17.1 Å². The Kier molecular flexibility index (Phi) is 8.92. The zero-order valence-corrected chi connectivity index (χ0v) is 22.9. The normalized spacial score (nSPS) is 15.5. The summed E-state index contributed by atoms with van der Waals surface area (Å²) in [7, 11) is 3.12. The van der Waals surface area contributed by atoms with Crippen LogP contribution >= 0.6 is 0 Å². The molecule has 1 aromatic carbocycles. The van der Waals surface area contributed by atoms with Gasteiger partial charge in [-0.3, -0.25) is 14.9 Å². The molecule has 4 rings (SSSR count). The minimum absolute atomic E-state index is 0.116. The number of nitro benzene ring substituents is 1. The maximum absolute atomic E-state index is 12.3. The number of rotatable bonds is 10. The van der Waals surface area contributed by atoms with Crippen LogP contribution in [0.3, 0.4) is 0 Å². The standard InChI is InChI=1S/C27H32N6O7/c1-5-20(26(34)38-4)17-13-14-32(15-17)23-12-11-22(28-21(23)6-2)25-24(31(3)30-29-25)16-39-27(35)40-19-9-7-18(8-10-19)33(36)37/h7-12,17,20H,5-6,13-16H2,1-4H3/t17-,20?/m1/s1. The van der Waals surface area contributed by atoms with E-state index in [1.807, 2.05) is 26.0 Å². The molecule has 0 saturated carbocycles. The lowest BCUT2D eigenvalue weighted by Gasteiger charge is -2.24. The molecule has 0 radical (unpaired) electrons. The Labute approximate surface area is 231 Å². The summed E-state index contributed by atoms with van der Waals surface area (Å²) < 4.78 is 16.9. The lowest BCUT2D eigenvalue weighted by Crippen LogP contribution is -2.28. The van der Waals surface area contributed by atoms with Gasteiger partial charge in [0, 0.05) is 32.3 Å². The van der Waals surface area contributed by atoms with E-state index >= 15 is 0 Å². The third kappa shape index (κ3) is 6.19. The average Bonchev–Trinajstić information content (AvgIpc) is 3.59. The van der Waals surface area contributed by atoms with Crippen LogP contribution in [0, 0.1) is 22.0 Å². The fourth-order valence-corrected chi connectivity index (χ4v) is 4.98. The first-order valence-electron chi connectivity index (χ1n) is 13.1. The number of anilines is 1. The number of hydrogen-bond acceptors (Lipinski definition) is 11. The number of pyridine rings is 1. The van der Waals surface area contributed by atoms with Crippen molar-refractivity contribution in [2.75, 3.05) is 25.1 Å². The summed E-state index contributed by atoms with van der Waals surface area (Å²) >= 11 is 0. The van der Waals surface area contributed by atoms with Gasteiger partial charge < -0.3 is 19.1 Å². The van der Waals surface area contributed by atoms with Crippen molar-refractivity contribution in [3.63, 3.8) is 0 Å². The van der Waals surface area contributed by atoms with Gasteiger partial charge >= 0.3 is 12.1 Å². The second-order valence-electron chi connectivity index (χ2n) is 9.45. The van der Waals surface area contributed by atoms with Gasteiger partial charge in [0.1, 0.15) is 23.7 Å². The predicted molar refractivity (Wildman–Crippen MR) is 144 cm³/mol. The number of ether oxygens (including phenoxy) is 3. The summed E-state index contributed by atoms with van der Waals surface area (Å²) in [5, 5.41) is 19.1. The first-order valence-corrected chi connectivity index (χ1v) is 13.1. The van der Waals surface area contributed by atoms with E-state index in [0.717, 1.165) is 37.3 Å². The van der Waals surface area contributed by atoms with Gasteiger partial charge in [0.25, 0.3) is 5.69 Å². The Morgan fingerprint density at radius 1 is 1.18 bits per heavy atom. The maximum Gasteiger partial charge on any atom is 0.514 e. The third-order valence-electron chi connectivity index (χ3n) is 7.12. The predicted octanol–water partition coefficient (Wildman–Crippen LogP) is 4.09. The van der Waals surface area contributed by atoms with E-state index in [2.05, 4.69) is 15.2 Å². The van der Waals surface area contributed by atoms with Crippen molar-refractivity contribution in [2.24, 2.45) is 18.9 Å². The Bertz CT molecular complexity index is 1370. The van der Waals surface area contributed by atoms with Crippen LogP contribution in [-0.4, -0.2) is 57.2 Å². The number of carbonyl (C=O) groups is 2. The summed E-state index contributed by atoms with van der Waals surface area (Å²) in [5.74, 6) is 0.0512. The highest BCUT2D eigenvalue weighted by molar-refractivity contribution is 5.73. The Balaban J connectivity index is 1.45. The number of esters is 1. The number of hydrogen-bond donors (Lipinski definition) is 0. The molecule has 2 atom stereocenters. The molecule has 2 aromatic heterocycles. The van der Waals surface area contributed by atoms with E-state index in [1.54, 1.807) is 7.05 Å². The smallest absolute Gasteiger partial charge is 0.469 e. The fraction of sp³-hybridized carbons (Fsp3) is 0.444. The summed E-state index contributed by atoms with van der Waals surface area (Å²) in [5.41, 5.74) is 3.37. The number of nitrogens with zero attached hydrogens (tertiary/aromatic N) is 6. The zero-order valence-electron chi connectivity index (χ0n) is 22.9. The van der Waals surface area contributed by atoms with Crippen molar-refractivity contribution in [1.82, 2.24) is 20.0 Å². The Hall–Kier alpha value is -4.55. The van der Waals surface area contributed by atoms with Gasteiger partial charge in [-0.1, -0.05) is 19.1 Å². The van der Waals surface area contributed by atoms with Gasteiger partial charge in [-0.15, -0.1) is 5.10 Å². The van der Waals surface area contributed by atoms with E-state index in [4.69, 9.17) is 19.2 Å². The van der Waals surface area contributed by atoms with Crippen LogP contribution in [0.1, 0.15) is 38.1 Å². The van der Waals surface area contributed by atoms with Gasteiger partial charge in [-0.2, -0.15) is 0 Å². The minimum atomic E-state index is -0.973. The SMILES string of the molecule is CCc1nc(-c2nnn(C)c2COC(=O)Oc2ccc([N+](=O)[O-])cc2)ccc1N1CC[C@@H](C(CC)C(=O)OC)C1. The zero-order chi connectivity index (χ0) is 28.8. The summed E-state index contributed by atoms with van der Waals surface area (Å²) in [6, 6.07) is 8.96. The van der Waals surface area contributed by atoms with Crippen LogP contribution in [0.4, 0.5) is 16.2 Å². The number of aromatic nitrogens is 4. The third-order valence-corrected chi connectivity index (χ3v) is 7.12. The van der Waals surface area contributed by atoms with Crippen molar-refractivity contribution < 1.29 is 28.7 Å². The first kappa shape index (κ1) is 28.5. The van der Waals surface area contributed by atoms with Gasteiger partial charge in [-0.05, 0) is 49.4 Å². The van der Waals surface area contributed by atoms with E-state index < -0.39 is 11.1 Å². The lowest BCUT2D eigenvalue weighted by atomic mass is 9.89.